The van der Waals surface area contributed by atoms with Gasteiger partial charge in [0.1, 0.15) is 19.8 Å². The maximum atomic E-state index is 12.8. The number of carbonyl (C=O) groups excluding carboxylic acids is 2. The first kappa shape index (κ1) is 71.2. The Kier molecular flexibility index (Phi) is 52.9. The minimum atomic E-state index is -4.65. The number of likely N-dealkylation sites (N-methyl/N-ethyl adjacent to an activating group) is 1. The van der Waals surface area contributed by atoms with E-state index in [2.05, 4.69) is 98.9 Å². The molecule has 0 aliphatic rings. The van der Waals surface area contributed by atoms with Crippen molar-refractivity contribution < 1.29 is 42.1 Å². The molecule has 9 nitrogen and oxygen atoms in total. The summed E-state index contributed by atoms with van der Waals surface area (Å²) in [5, 5.41) is 0. The summed E-state index contributed by atoms with van der Waals surface area (Å²) in [4.78, 5) is 37.9. The molecule has 2 unspecified atom stereocenters. The van der Waals surface area contributed by atoms with E-state index in [9.17, 15) is 19.0 Å². The van der Waals surface area contributed by atoms with Crippen LogP contribution in [0.3, 0.4) is 0 Å². The van der Waals surface area contributed by atoms with Crippen molar-refractivity contribution >= 4 is 19.8 Å². The summed E-state index contributed by atoms with van der Waals surface area (Å²) >= 11 is 0. The van der Waals surface area contributed by atoms with Gasteiger partial charge >= 0.3 is 11.9 Å². The molecule has 0 N–H and O–H groups in total. The lowest BCUT2D eigenvalue weighted by Crippen LogP contribution is -2.37. The highest BCUT2D eigenvalue weighted by Gasteiger charge is 2.22. The fourth-order valence-electron chi connectivity index (χ4n) is 8.24. The Bertz CT molecular complexity index is 1520. The van der Waals surface area contributed by atoms with Crippen LogP contribution in [0.2, 0.25) is 0 Å². The fraction of sp³-hybridized carbons (Fsp3) is 0.750. The lowest BCUT2D eigenvalue weighted by molar-refractivity contribution is -0.870. The molecule has 0 aromatic rings. The van der Waals surface area contributed by atoms with Crippen molar-refractivity contribution in [2.45, 2.75) is 264 Å². The van der Waals surface area contributed by atoms with Crippen molar-refractivity contribution in [2.75, 3.05) is 47.5 Å². The van der Waals surface area contributed by atoms with Crippen LogP contribution in [0.25, 0.3) is 0 Å². The summed E-state index contributed by atoms with van der Waals surface area (Å²) in [5.74, 6) is -0.860. The lowest BCUT2D eigenvalue weighted by atomic mass is 10.0. The standard InChI is InChI=1S/C64H114NO8P/c1-6-8-10-12-14-16-18-20-22-24-26-28-30-31-32-33-35-36-38-40-42-44-46-48-50-52-54-56-63(66)70-60-62(61-72-74(68,69)71-59-58-65(3,4)5)73-64(67)57-55-53-51-49-47-45-43-41-39-37-34-29-27-25-23-21-19-17-15-13-11-9-7-2/h9,11,15,17,21,23-24,26-27,29,37,39,43,45,62H,6-8,10,12-14,16,18-20,22,25,28,30-36,38,40-42,44,46-61H2,1-5H3/b11-9-,17-15-,23-21-,26-24-,29-27-,39-37-,45-43-. The topological polar surface area (TPSA) is 111 Å². The first-order chi connectivity index (χ1) is 36.0. The largest absolute Gasteiger partial charge is 0.756 e. The highest BCUT2D eigenvalue weighted by Crippen LogP contribution is 2.38. The van der Waals surface area contributed by atoms with Crippen molar-refractivity contribution in [1.29, 1.82) is 0 Å². The Morgan fingerprint density at radius 3 is 1.16 bits per heavy atom. The molecular formula is C64H114NO8P. The first-order valence-electron chi connectivity index (χ1n) is 30.3. The Morgan fingerprint density at radius 1 is 0.432 bits per heavy atom. The third-order valence-electron chi connectivity index (χ3n) is 12.9. The number of phosphoric ester groups is 1. The summed E-state index contributed by atoms with van der Waals surface area (Å²) in [5.41, 5.74) is 0. The van der Waals surface area contributed by atoms with E-state index in [1.807, 2.05) is 21.1 Å². The predicted octanol–water partition coefficient (Wildman–Crippen LogP) is 18.4. The fourth-order valence-corrected chi connectivity index (χ4v) is 8.97. The minimum absolute atomic E-state index is 0.0396. The second-order valence-corrected chi connectivity index (χ2v) is 22.7. The molecule has 10 heteroatoms. The number of carbonyl (C=O) groups is 2. The SMILES string of the molecule is CC/C=C\C/C=C\C/C=C\C/C=C\C/C=C\C/C=C\CCCCCCC(=O)OC(COC(=O)CCCCCCCCCCCCCCCCC/C=C\CCCCCCCCCC)COP(=O)([O-])OCC[N+](C)(C)C. The van der Waals surface area contributed by atoms with E-state index >= 15 is 0 Å². The summed E-state index contributed by atoms with van der Waals surface area (Å²) in [7, 11) is 1.14. The van der Waals surface area contributed by atoms with E-state index in [1.54, 1.807) is 0 Å². The molecule has 74 heavy (non-hydrogen) atoms. The van der Waals surface area contributed by atoms with Gasteiger partial charge < -0.3 is 27.9 Å². The van der Waals surface area contributed by atoms with E-state index in [-0.39, 0.29) is 32.0 Å². The number of quaternary nitrogens is 1. The minimum Gasteiger partial charge on any atom is -0.756 e. The van der Waals surface area contributed by atoms with Crippen LogP contribution in [0.1, 0.15) is 258 Å². The average molecular weight is 1060 g/mol. The second-order valence-electron chi connectivity index (χ2n) is 21.3. The van der Waals surface area contributed by atoms with Crippen LogP contribution in [0.5, 0.6) is 0 Å². The van der Waals surface area contributed by atoms with Crippen molar-refractivity contribution in [2.24, 2.45) is 0 Å². The van der Waals surface area contributed by atoms with Gasteiger partial charge in [0.15, 0.2) is 6.10 Å². The molecular weight excluding hydrogens is 942 g/mol. The van der Waals surface area contributed by atoms with Gasteiger partial charge in [0.25, 0.3) is 7.82 Å². The number of phosphoric acid groups is 1. The smallest absolute Gasteiger partial charge is 0.306 e. The third kappa shape index (κ3) is 58.5. The van der Waals surface area contributed by atoms with Crippen LogP contribution in [0, 0.1) is 0 Å². The molecule has 0 radical (unpaired) electrons. The molecule has 0 bridgehead atoms. The molecule has 0 spiro atoms. The quantitative estimate of drug-likeness (QED) is 0.0195. The van der Waals surface area contributed by atoms with Crippen LogP contribution < -0.4 is 4.89 Å². The van der Waals surface area contributed by atoms with E-state index in [4.69, 9.17) is 18.5 Å². The number of unbranched alkanes of at least 4 members (excludes halogenated alkanes) is 27. The van der Waals surface area contributed by atoms with E-state index in [0.29, 0.717) is 17.4 Å². The van der Waals surface area contributed by atoms with Gasteiger partial charge in [-0.05, 0) is 89.9 Å². The van der Waals surface area contributed by atoms with Gasteiger partial charge in [0.2, 0.25) is 0 Å². The van der Waals surface area contributed by atoms with Crippen LogP contribution in [-0.2, 0) is 32.7 Å². The molecule has 0 aromatic heterocycles. The first-order valence-corrected chi connectivity index (χ1v) is 31.8. The molecule has 0 saturated carbocycles. The molecule has 0 aliphatic heterocycles. The van der Waals surface area contributed by atoms with Gasteiger partial charge in [-0.1, -0.05) is 240 Å². The van der Waals surface area contributed by atoms with Crippen LogP contribution in [0.4, 0.5) is 0 Å². The molecule has 428 valence electrons. The zero-order valence-electron chi connectivity index (χ0n) is 48.5. The van der Waals surface area contributed by atoms with Gasteiger partial charge in [-0.2, -0.15) is 0 Å². The number of esters is 2. The normalized spacial score (nSPS) is 13.9. The lowest BCUT2D eigenvalue weighted by Gasteiger charge is -2.28. The zero-order chi connectivity index (χ0) is 54.2. The van der Waals surface area contributed by atoms with Gasteiger partial charge in [0.05, 0.1) is 27.7 Å². The Morgan fingerprint density at radius 2 is 0.770 bits per heavy atom. The number of ether oxygens (including phenoxy) is 2. The number of rotatable bonds is 55. The van der Waals surface area contributed by atoms with Crippen molar-refractivity contribution in [3.8, 4) is 0 Å². The molecule has 0 fully saturated rings. The highest BCUT2D eigenvalue weighted by molar-refractivity contribution is 7.45. The summed E-state index contributed by atoms with van der Waals surface area (Å²) in [6.45, 7) is 4.11. The number of nitrogens with zero attached hydrogens (tertiary/aromatic N) is 1. The van der Waals surface area contributed by atoms with E-state index < -0.39 is 26.5 Å². The molecule has 0 aliphatic carbocycles. The maximum Gasteiger partial charge on any atom is 0.306 e. The van der Waals surface area contributed by atoms with Gasteiger partial charge in [-0.15, -0.1) is 0 Å². The van der Waals surface area contributed by atoms with Crippen LogP contribution >= 0.6 is 7.82 Å². The molecule has 0 heterocycles. The molecule has 0 saturated heterocycles. The maximum absolute atomic E-state index is 12.8. The van der Waals surface area contributed by atoms with Crippen LogP contribution in [0.15, 0.2) is 85.1 Å². The van der Waals surface area contributed by atoms with Crippen LogP contribution in [-0.4, -0.2) is 70.0 Å². The molecule has 0 aromatic carbocycles. The molecule has 2 atom stereocenters. The van der Waals surface area contributed by atoms with Crippen molar-refractivity contribution in [3.63, 3.8) is 0 Å². The van der Waals surface area contributed by atoms with E-state index in [1.165, 1.54) is 141 Å². The molecule has 0 rings (SSSR count). The Hall–Kier alpha value is -2.81. The van der Waals surface area contributed by atoms with Gasteiger partial charge in [0, 0.05) is 12.8 Å². The monoisotopic (exact) mass is 1060 g/mol. The van der Waals surface area contributed by atoms with Crippen molar-refractivity contribution in [3.05, 3.63) is 85.1 Å². The van der Waals surface area contributed by atoms with Crippen molar-refractivity contribution in [1.82, 2.24) is 0 Å². The number of hydrogen-bond acceptors (Lipinski definition) is 8. The molecule has 0 amide bonds. The van der Waals surface area contributed by atoms with Gasteiger partial charge in [-0.3, -0.25) is 14.2 Å². The summed E-state index contributed by atoms with van der Waals surface area (Å²) in [6, 6.07) is 0. The summed E-state index contributed by atoms with van der Waals surface area (Å²) < 4.78 is 34.2. The van der Waals surface area contributed by atoms with Gasteiger partial charge in [-0.25, -0.2) is 0 Å². The number of hydrogen-bond donors (Lipinski definition) is 0. The Labute approximate surface area is 456 Å². The third-order valence-corrected chi connectivity index (χ3v) is 13.9. The highest BCUT2D eigenvalue weighted by atomic mass is 31.2. The Balaban J connectivity index is 4.18. The van der Waals surface area contributed by atoms with E-state index in [0.717, 1.165) is 83.5 Å². The second kappa shape index (κ2) is 55.0. The zero-order valence-corrected chi connectivity index (χ0v) is 49.4. The summed E-state index contributed by atoms with van der Waals surface area (Å²) in [6.07, 6.45) is 73.5. The average Bonchev–Trinajstić information content (AvgIpc) is 3.36. The number of allylic oxidation sites excluding steroid dienone is 14. The predicted molar refractivity (Wildman–Crippen MR) is 314 cm³/mol.